The Bertz CT molecular complexity index is 1380. The van der Waals surface area contributed by atoms with E-state index in [4.69, 9.17) is 4.74 Å². The molecule has 2 aliphatic rings. The van der Waals surface area contributed by atoms with Gasteiger partial charge >= 0.3 is 0 Å². The first-order valence-corrected chi connectivity index (χ1v) is 12.0. The number of ether oxygens (including phenoxy) is 1. The van der Waals surface area contributed by atoms with E-state index in [1.165, 1.54) is 6.07 Å². The maximum Gasteiger partial charge on any atom is 0.261 e. The molecule has 1 amide bonds. The summed E-state index contributed by atoms with van der Waals surface area (Å²) in [6, 6.07) is 5.12. The number of nitrogens with zero attached hydrogens (tertiary/aromatic N) is 3. The van der Waals surface area contributed by atoms with Crippen molar-refractivity contribution in [3.05, 3.63) is 62.7 Å². The van der Waals surface area contributed by atoms with Crippen LogP contribution in [-0.2, 0) is 0 Å². The molecular formula is C27H31FN4O3. The van der Waals surface area contributed by atoms with Gasteiger partial charge in [0.05, 0.1) is 16.9 Å². The summed E-state index contributed by atoms with van der Waals surface area (Å²) >= 11 is 0. The van der Waals surface area contributed by atoms with Crippen LogP contribution in [0.15, 0.2) is 29.2 Å². The summed E-state index contributed by atoms with van der Waals surface area (Å²) < 4.78 is 23.4. The number of likely N-dealkylation sites (N-methyl/N-ethyl adjacent to an activating group) is 1. The number of benzene rings is 2. The molecular weight excluding hydrogens is 447 g/mol. The number of amides is 1. The predicted octanol–water partition coefficient (Wildman–Crippen LogP) is 4.02. The van der Waals surface area contributed by atoms with Crippen LogP contribution >= 0.6 is 0 Å². The monoisotopic (exact) mass is 478 g/mol. The fourth-order valence-corrected chi connectivity index (χ4v) is 5.26. The van der Waals surface area contributed by atoms with Gasteiger partial charge in [0, 0.05) is 38.1 Å². The standard InChI is InChI=1S/C27H31FN4O3/c1-15-10-16(2)22(17(3)11-15)29-27(34)20-13-32-18(4)14-35-26-23(32)19(25(20)33)12-21(28)24(26)31-8-6-30(5)7-9-31/h10-13,18H,6-9,14H2,1-5H3,(H,29,34). The molecule has 2 aromatic carbocycles. The van der Waals surface area contributed by atoms with Crippen molar-refractivity contribution in [2.24, 2.45) is 0 Å². The number of aryl methyl sites for hydroxylation is 3. The van der Waals surface area contributed by atoms with Gasteiger partial charge in [0.25, 0.3) is 5.91 Å². The molecule has 0 radical (unpaired) electrons. The Morgan fingerprint density at radius 2 is 1.74 bits per heavy atom. The fourth-order valence-electron chi connectivity index (χ4n) is 5.26. The van der Waals surface area contributed by atoms with Crippen molar-refractivity contribution >= 4 is 28.2 Å². The lowest BCUT2D eigenvalue weighted by atomic mass is 10.0. The van der Waals surface area contributed by atoms with Gasteiger partial charge in [-0.2, -0.15) is 0 Å². The van der Waals surface area contributed by atoms with E-state index in [9.17, 15) is 9.59 Å². The van der Waals surface area contributed by atoms with Crippen molar-refractivity contribution in [1.82, 2.24) is 9.47 Å². The second-order valence-electron chi connectivity index (χ2n) is 9.89. The highest BCUT2D eigenvalue weighted by Crippen LogP contribution is 2.42. The topological polar surface area (TPSA) is 66.8 Å². The molecule has 0 saturated carbocycles. The Hall–Kier alpha value is -3.39. The van der Waals surface area contributed by atoms with Crippen LogP contribution < -0.4 is 20.4 Å². The molecule has 0 spiro atoms. The third kappa shape index (κ3) is 3.95. The van der Waals surface area contributed by atoms with E-state index in [0.29, 0.717) is 42.3 Å². The van der Waals surface area contributed by atoms with Crippen LogP contribution in [0.1, 0.15) is 40.0 Å². The van der Waals surface area contributed by atoms with Crippen LogP contribution in [0.3, 0.4) is 0 Å². The highest BCUT2D eigenvalue weighted by molar-refractivity contribution is 6.07. The quantitative estimate of drug-likeness (QED) is 0.616. The first kappa shape index (κ1) is 23.4. The molecule has 184 valence electrons. The number of rotatable bonds is 3. The van der Waals surface area contributed by atoms with Gasteiger partial charge in [0.15, 0.2) is 11.6 Å². The lowest BCUT2D eigenvalue weighted by Crippen LogP contribution is -2.45. The molecule has 1 unspecified atom stereocenters. The average molecular weight is 479 g/mol. The first-order valence-electron chi connectivity index (χ1n) is 12.0. The van der Waals surface area contributed by atoms with Crippen LogP contribution in [0.5, 0.6) is 5.75 Å². The normalized spacial score (nSPS) is 18.0. The van der Waals surface area contributed by atoms with E-state index in [1.54, 1.807) is 6.20 Å². The summed E-state index contributed by atoms with van der Waals surface area (Å²) in [5.41, 5.74) is 4.06. The minimum absolute atomic E-state index is 0.0108. The minimum atomic E-state index is -0.502. The molecule has 0 bridgehead atoms. The molecule has 3 heterocycles. The minimum Gasteiger partial charge on any atom is -0.487 e. The highest BCUT2D eigenvalue weighted by Gasteiger charge is 2.31. The summed E-state index contributed by atoms with van der Waals surface area (Å²) in [6.07, 6.45) is 1.60. The number of piperazine rings is 1. The van der Waals surface area contributed by atoms with Gasteiger partial charge in [0.1, 0.15) is 17.9 Å². The summed E-state index contributed by atoms with van der Waals surface area (Å²) in [4.78, 5) is 31.0. The summed E-state index contributed by atoms with van der Waals surface area (Å²) in [6.45, 7) is 11.1. The van der Waals surface area contributed by atoms with E-state index in [1.807, 2.05) is 56.3 Å². The van der Waals surface area contributed by atoms with Gasteiger partial charge < -0.3 is 24.4 Å². The average Bonchev–Trinajstić information content (AvgIpc) is 2.80. The van der Waals surface area contributed by atoms with Crippen molar-refractivity contribution in [3.63, 3.8) is 0 Å². The maximum atomic E-state index is 15.5. The number of nitrogens with one attached hydrogen (secondary N) is 1. The Labute approximate surface area is 204 Å². The molecule has 7 nitrogen and oxygen atoms in total. The number of pyridine rings is 1. The number of anilines is 2. The zero-order valence-electron chi connectivity index (χ0n) is 20.9. The molecule has 5 rings (SSSR count). The molecule has 0 aliphatic carbocycles. The third-order valence-corrected chi connectivity index (χ3v) is 7.12. The largest absolute Gasteiger partial charge is 0.487 e. The van der Waals surface area contributed by atoms with Gasteiger partial charge in [-0.05, 0) is 51.9 Å². The predicted molar refractivity (Wildman–Crippen MR) is 137 cm³/mol. The van der Waals surface area contributed by atoms with Gasteiger partial charge in [-0.25, -0.2) is 4.39 Å². The Morgan fingerprint density at radius 1 is 1.09 bits per heavy atom. The molecule has 35 heavy (non-hydrogen) atoms. The zero-order chi connectivity index (χ0) is 25.0. The molecule has 3 aromatic rings. The molecule has 1 fully saturated rings. The van der Waals surface area contributed by atoms with Gasteiger partial charge in [-0.15, -0.1) is 0 Å². The van der Waals surface area contributed by atoms with Gasteiger partial charge in [-0.3, -0.25) is 9.59 Å². The van der Waals surface area contributed by atoms with Crippen molar-refractivity contribution < 1.29 is 13.9 Å². The van der Waals surface area contributed by atoms with Crippen LogP contribution in [0.2, 0.25) is 0 Å². The SMILES string of the molecule is Cc1cc(C)c(NC(=O)c2cn3c4c(c(N5CCN(C)CC5)c(F)cc4c2=O)OCC3C)c(C)c1. The number of carbonyl (C=O) groups excluding carboxylic acids is 1. The lowest BCUT2D eigenvalue weighted by Gasteiger charge is -2.37. The summed E-state index contributed by atoms with van der Waals surface area (Å²) in [5.74, 6) is -0.616. The van der Waals surface area contributed by atoms with Crippen molar-refractivity contribution in [2.75, 3.05) is 50.1 Å². The van der Waals surface area contributed by atoms with Crippen molar-refractivity contribution in [3.8, 4) is 5.75 Å². The molecule has 1 saturated heterocycles. The number of halogens is 1. The lowest BCUT2D eigenvalue weighted by molar-refractivity contribution is 0.102. The van der Waals surface area contributed by atoms with Gasteiger partial charge in [-0.1, -0.05) is 17.7 Å². The Balaban J connectivity index is 1.64. The second-order valence-corrected chi connectivity index (χ2v) is 9.89. The van der Waals surface area contributed by atoms with Crippen molar-refractivity contribution in [2.45, 2.75) is 33.7 Å². The zero-order valence-corrected chi connectivity index (χ0v) is 20.9. The number of hydrogen-bond donors (Lipinski definition) is 1. The maximum absolute atomic E-state index is 15.5. The second kappa shape index (κ2) is 8.68. The molecule has 2 aliphatic heterocycles. The third-order valence-electron chi connectivity index (χ3n) is 7.12. The fraction of sp³-hybridized carbons (Fsp3) is 0.407. The smallest absolute Gasteiger partial charge is 0.261 e. The van der Waals surface area contributed by atoms with Gasteiger partial charge in [0.2, 0.25) is 5.43 Å². The van der Waals surface area contributed by atoms with Crippen LogP contribution in [-0.4, -0.2) is 55.2 Å². The van der Waals surface area contributed by atoms with E-state index in [2.05, 4.69) is 10.2 Å². The summed E-state index contributed by atoms with van der Waals surface area (Å²) in [7, 11) is 2.04. The summed E-state index contributed by atoms with van der Waals surface area (Å²) in [5, 5.41) is 3.08. The van der Waals surface area contributed by atoms with Crippen LogP contribution in [0.4, 0.5) is 15.8 Å². The van der Waals surface area contributed by atoms with Crippen molar-refractivity contribution in [1.29, 1.82) is 0 Å². The molecule has 1 aromatic heterocycles. The van der Waals surface area contributed by atoms with E-state index >= 15 is 4.39 Å². The number of hydrogen-bond acceptors (Lipinski definition) is 5. The van der Waals surface area contributed by atoms with E-state index in [0.717, 1.165) is 29.8 Å². The van der Waals surface area contributed by atoms with E-state index in [-0.39, 0.29) is 17.0 Å². The number of carbonyl (C=O) groups is 1. The molecule has 1 N–H and O–H groups in total. The number of aromatic nitrogens is 1. The molecule has 8 heteroatoms. The Kier molecular flexibility index (Phi) is 5.79. The van der Waals surface area contributed by atoms with Crippen LogP contribution in [0, 0.1) is 26.6 Å². The highest BCUT2D eigenvalue weighted by atomic mass is 19.1. The Morgan fingerprint density at radius 3 is 2.40 bits per heavy atom. The van der Waals surface area contributed by atoms with E-state index < -0.39 is 17.2 Å². The van der Waals surface area contributed by atoms with Crippen LogP contribution in [0.25, 0.3) is 10.9 Å². The first-order chi connectivity index (χ1) is 16.7. The molecule has 1 atom stereocenters.